The number of carboxylic acid groups (broad SMARTS) is 1. The Kier molecular flexibility index (Phi) is 4.16. The smallest absolute Gasteiger partial charge is 0.337 e. The minimum atomic E-state index is -3.54. The summed E-state index contributed by atoms with van der Waals surface area (Å²) in [5, 5.41) is 13.0. The van der Waals surface area contributed by atoms with Crippen LogP contribution in [0, 0.1) is 0 Å². The van der Waals surface area contributed by atoms with Gasteiger partial charge in [0.05, 0.1) is 10.5 Å². The number of hydrogen-bond donors (Lipinski definition) is 4. The zero-order chi connectivity index (χ0) is 19.9. The van der Waals surface area contributed by atoms with E-state index < -0.39 is 21.4 Å². The van der Waals surface area contributed by atoms with Gasteiger partial charge in [0.15, 0.2) is 9.84 Å². The Balaban J connectivity index is 1.76. The van der Waals surface area contributed by atoms with E-state index in [2.05, 4.69) is 15.3 Å². The average molecular weight is 397 g/mol. The molecule has 9 heteroatoms. The molecule has 2 aromatic heterocycles. The minimum absolute atomic E-state index is 0.0276. The Morgan fingerprint density at radius 3 is 2.57 bits per heavy atom. The number of carboxylic acids is 1. The molecule has 0 saturated heterocycles. The van der Waals surface area contributed by atoms with E-state index in [1.54, 1.807) is 36.4 Å². The number of H-pyrrole nitrogens is 2. The van der Waals surface area contributed by atoms with Gasteiger partial charge in [-0.3, -0.25) is 4.79 Å². The molecule has 0 spiro atoms. The highest BCUT2D eigenvalue weighted by molar-refractivity contribution is 7.91. The van der Waals surface area contributed by atoms with Gasteiger partial charge in [-0.15, -0.1) is 0 Å². The number of sulfone groups is 1. The number of benzene rings is 2. The van der Waals surface area contributed by atoms with E-state index in [1.165, 1.54) is 18.3 Å². The number of pyridine rings is 1. The number of nitrogens with one attached hydrogen (secondary N) is 3. The van der Waals surface area contributed by atoms with Crippen LogP contribution in [0.2, 0.25) is 0 Å². The van der Waals surface area contributed by atoms with Crippen molar-refractivity contribution >= 4 is 43.3 Å². The number of rotatable bonds is 5. The fourth-order valence-electron chi connectivity index (χ4n) is 3.10. The van der Waals surface area contributed by atoms with E-state index in [9.17, 15) is 23.1 Å². The second kappa shape index (κ2) is 6.54. The van der Waals surface area contributed by atoms with Crippen LogP contribution in [0.5, 0.6) is 0 Å². The quantitative estimate of drug-likeness (QED) is 0.409. The normalized spacial score (nSPS) is 11.7. The Morgan fingerprint density at radius 1 is 1.11 bits per heavy atom. The van der Waals surface area contributed by atoms with Crippen LogP contribution in [0.3, 0.4) is 0 Å². The van der Waals surface area contributed by atoms with Gasteiger partial charge >= 0.3 is 5.97 Å². The first-order valence-corrected chi connectivity index (χ1v) is 9.94. The third-order valence-corrected chi connectivity index (χ3v) is 5.96. The lowest BCUT2D eigenvalue weighted by Crippen LogP contribution is -2.14. The first-order valence-electron chi connectivity index (χ1n) is 8.29. The van der Waals surface area contributed by atoms with Gasteiger partial charge in [0.2, 0.25) is 0 Å². The van der Waals surface area contributed by atoms with Crippen LogP contribution in [-0.2, 0) is 9.84 Å². The van der Waals surface area contributed by atoms with Crippen molar-refractivity contribution in [3.05, 3.63) is 70.6 Å². The van der Waals surface area contributed by atoms with Crippen LogP contribution in [0.25, 0.3) is 21.8 Å². The van der Waals surface area contributed by atoms with E-state index >= 15 is 0 Å². The van der Waals surface area contributed by atoms with Crippen molar-refractivity contribution in [1.29, 1.82) is 0 Å². The first-order chi connectivity index (χ1) is 13.4. The summed E-state index contributed by atoms with van der Waals surface area (Å²) < 4.78 is 24.9. The summed E-state index contributed by atoms with van der Waals surface area (Å²) in [6.07, 6.45) is 1.27. The highest BCUT2D eigenvalue weighted by atomic mass is 32.2. The fraction of sp³-hybridized carbons (Fsp3) is 0.0526. The predicted molar refractivity (Wildman–Crippen MR) is 106 cm³/mol. The molecule has 4 rings (SSSR count). The highest BCUT2D eigenvalue weighted by Crippen LogP contribution is 2.27. The molecule has 4 aromatic rings. The SMILES string of the molecule is O=C(O)c1c[nH]c2c(=O)[nH]c3ccc(NCS(=O)(=O)c4ccccc4)cc3c12. The summed E-state index contributed by atoms with van der Waals surface area (Å²) in [7, 11) is -3.54. The lowest BCUT2D eigenvalue weighted by Gasteiger charge is -2.09. The Hall–Kier alpha value is -3.59. The zero-order valence-corrected chi connectivity index (χ0v) is 15.2. The van der Waals surface area contributed by atoms with Crippen molar-refractivity contribution in [2.24, 2.45) is 0 Å². The second-order valence-corrected chi connectivity index (χ2v) is 8.21. The van der Waals surface area contributed by atoms with Gasteiger partial charge in [-0.25, -0.2) is 13.2 Å². The van der Waals surface area contributed by atoms with Crippen molar-refractivity contribution in [1.82, 2.24) is 9.97 Å². The van der Waals surface area contributed by atoms with Crippen LogP contribution in [0.15, 0.2) is 64.4 Å². The van der Waals surface area contributed by atoms with Gasteiger partial charge in [0.1, 0.15) is 11.4 Å². The standard InChI is InChI=1S/C19H15N3O5S/c23-18-17-16(14(9-20-17)19(24)25)13-8-11(6-7-15(13)22-18)21-10-28(26,27)12-4-2-1-3-5-12/h1-9,20-21H,10H2,(H,22,23)(H,24,25). The van der Waals surface area contributed by atoms with E-state index in [1.807, 2.05) is 0 Å². The van der Waals surface area contributed by atoms with Crippen LogP contribution in [0.1, 0.15) is 10.4 Å². The largest absolute Gasteiger partial charge is 0.478 e. The van der Waals surface area contributed by atoms with Crippen LogP contribution in [-0.4, -0.2) is 35.3 Å². The van der Waals surface area contributed by atoms with E-state index in [0.717, 1.165) is 0 Å². The summed E-state index contributed by atoms with van der Waals surface area (Å²) in [5.74, 6) is -1.49. The van der Waals surface area contributed by atoms with Crippen LogP contribution in [0.4, 0.5) is 5.69 Å². The van der Waals surface area contributed by atoms with Gasteiger partial charge in [0.25, 0.3) is 5.56 Å². The number of carbonyl (C=O) groups is 1. The summed E-state index contributed by atoms with van der Waals surface area (Å²) in [6, 6.07) is 12.9. The molecule has 0 aliphatic carbocycles. The summed E-state index contributed by atoms with van der Waals surface area (Å²) >= 11 is 0. The van der Waals surface area contributed by atoms with Crippen molar-refractivity contribution < 1.29 is 18.3 Å². The fourth-order valence-corrected chi connectivity index (χ4v) is 4.19. The molecule has 0 saturated carbocycles. The molecule has 0 aliphatic rings. The minimum Gasteiger partial charge on any atom is -0.478 e. The lowest BCUT2D eigenvalue weighted by atomic mass is 10.1. The number of fused-ring (bicyclic) bond motifs is 3. The van der Waals surface area contributed by atoms with Crippen LogP contribution >= 0.6 is 0 Å². The third kappa shape index (κ3) is 3.01. The Labute approximate surface area is 158 Å². The summed E-state index contributed by atoms with van der Waals surface area (Å²) in [6.45, 7) is 0. The molecule has 28 heavy (non-hydrogen) atoms. The maximum atomic E-state index is 12.4. The molecule has 0 atom stereocenters. The Bertz CT molecular complexity index is 1370. The number of aromatic nitrogens is 2. The molecular weight excluding hydrogens is 382 g/mol. The number of aromatic carboxylic acids is 1. The van der Waals surface area contributed by atoms with Crippen molar-refractivity contribution in [2.75, 3.05) is 11.2 Å². The molecular formula is C19H15N3O5S. The Morgan fingerprint density at radius 2 is 1.86 bits per heavy atom. The first kappa shape index (κ1) is 17.8. The van der Waals surface area contributed by atoms with Gasteiger partial charge < -0.3 is 20.4 Å². The van der Waals surface area contributed by atoms with Gasteiger partial charge in [-0.1, -0.05) is 18.2 Å². The average Bonchev–Trinajstić information content (AvgIpc) is 3.14. The summed E-state index contributed by atoms with van der Waals surface area (Å²) in [4.78, 5) is 29.2. The maximum absolute atomic E-state index is 12.4. The molecule has 0 unspecified atom stereocenters. The number of aromatic amines is 2. The predicted octanol–water partition coefficient (Wildman–Crippen LogP) is 2.55. The van der Waals surface area contributed by atoms with E-state index in [4.69, 9.17) is 0 Å². The number of anilines is 1. The lowest BCUT2D eigenvalue weighted by molar-refractivity contribution is 0.0699. The van der Waals surface area contributed by atoms with Gasteiger partial charge in [-0.05, 0) is 30.3 Å². The number of hydrogen-bond acceptors (Lipinski definition) is 5. The molecule has 142 valence electrons. The molecule has 0 bridgehead atoms. The van der Waals surface area contributed by atoms with E-state index in [0.29, 0.717) is 16.6 Å². The van der Waals surface area contributed by atoms with Crippen molar-refractivity contribution in [3.63, 3.8) is 0 Å². The van der Waals surface area contributed by atoms with Gasteiger partial charge in [-0.2, -0.15) is 0 Å². The molecule has 0 amide bonds. The molecule has 8 nitrogen and oxygen atoms in total. The molecule has 0 aliphatic heterocycles. The second-order valence-electron chi connectivity index (χ2n) is 6.22. The monoisotopic (exact) mass is 397 g/mol. The van der Waals surface area contributed by atoms with Crippen LogP contribution < -0.4 is 10.9 Å². The molecule has 4 N–H and O–H groups in total. The molecule has 0 radical (unpaired) electrons. The van der Waals surface area contributed by atoms with Crippen molar-refractivity contribution in [3.8, 4) is 0 Å². The highest BCUT2D eigenvalue weighted by Gasteiger charge is 2.17. The topological polar surface area (TPSA) is 132 Å². The van der Waals surface area contributed by atoms with Gasteiger partial charge in [0, 0.05) is 28.2 Å². The zero-order valence-electron chi connectivity index (χ0n) is 14.4. The van der Waals surface area contributed by atoms with Crippen molar-refractivity contribution in [2.45, 2.75) is 4.90 Å². The molecule has 2 aromatic carbocycles. The molecule has 2 heterocycles. The third-order valence-electron chi connectivity index (χ3n) is 4.44. The van der Waals surface area contributed by atoms with E-state index in [-0.39, 0.29) is 27.2 Å². The summed E-state index contributed by atoms with van der Waals surface area (Å²) in [5.41, 5.74) is 0.635. The maximum Gasteiger partial charge on any atom is 0.337 e. The molecule has 0 fully saturated rings.